The van der Waals surface area contributed by atoms with Crippen LogP contribution in [0, 0.1) is 0 Å². The second-order valence-electron chi connectivity index (χ2n) is 26.7. The molecule has 8 rings (SSSR count). The van der Waals surface area contributed by atoms with Crippen LogP contribution in [0.3, 0.4) is 0 Å². The van der Waals surface area contributed by atoms with Crippen LogP contribution in [0.5, 0.6) is 0 Å². The number of pyridine rings is 2. The molecule has 0 saturated heterocycles. The van der Waals surface area contributed by atoms with Crippen LogP contribution < -0.4 is 16.4 Å². The van der Waals surface area contributed by atoms with Crippen molar-refractivity contribution >= 4 is 5.95 Å². The standard InChI is InChI=1S/2C10H15NO.C8H13N3.4C8H12N2.C7H10N2.6C2H6/c1-10(2,3)8-5-6-11(4)9(12)7-8;1-10(2,3)8-5-6-9(12)11(4)7-8;1-6(2)7-4-10-8(9-3)11-5-7;1-8(2,3)7-4-5-9-6-10-7;1-8(2,3)7-4-5-9-10-6-7;1-8(2,3)7-9-5-4-6-10-7;1-8(2,3)7-5-4-6-9-10-7;1-6(2)7-3-8-5-9-4-7;6*1-2/h2*5-7H,1-4H3;4-6H,1-3H3,(H,9,10,11);4*4-6H,1-3H3;3-6H,1-2H3;6*1-2H3. The zero-order valence-corrected chi connectivity index (χ0v) is 67.5. The van der Waals surface area contributed by atoms with Crippen LogP contribution in [-0.2, 0) is 46.6 Å². The van der Waals surface area contributed by atoms with E-state index in [1.54, 1.807) is 85.2 Å². The molecule has 17 nitrogen and oxygen atoms in total. The van der Waals surface area contributed by atoms with E-state index < -0.39 is 0 Å². The van der Waals surface area contributed by atoms with Gasteiger partial charge in [-0.1, -0.05) is 241 Å². The molecule has 0 atom stereocenters. The largest absolute Gasteiger partial charge is 0.357 e. The molecule has 0 aromatic carbocycles. The molecule has 8 aromatic rings. The molecule has 8 heterocycles. The number of nitrogens with zero attached hydrogens (tertiary/aromatic N) is 14. The van der Waals surface area contributed by atoms with E-state index >= 15 is 0 Å². The summed E-state index contributed by atoms with van der Waals surface area (Å²) >= 11 is 0. The Labute approximate surface area is 586 Å². The molecule has 96 heavy (non-hydrogen) atoms. The van der Waals surface area contributed by atoms with E-state index in [0.29, 0.717) is 17.8 Å². The zero-order valence-electron chi connectivity index (χ0n) is 67.5. The molecule has 1 N–H and O–H groups in total. The van der Waals surface area contributed by atoms with Crippen LogP contribution in [0.15, 0.2) is 151 Å². The van der Waals surface area contributed by atoms with E-state index in [2.05, 4.69) is 218 Å². The number of hydrogen-bond donors (Lipinski definition) is 1. The van der Waals surface area contributed by atoms with Crippen LogP contribution in [0.4, 0.5) is 5.95 Å². The van der Waals surface area contributed by atoms with Crippen molar-refractivity contribution in [2.75, 3.05) is 12.4 Å². The van der Waals surface area contributed by atoms with Crippen LogP contribution >= 0.6 is 0 Å². The number of anilines is 1. The van der Waals surface area contributed by atoms with Gasteiger partial charge in [0.1, 0.15) is 18.5 Å². The van der Waals surface area contributed by atoms with Gasteiger partial charge in [0.05, 0.1) is 11.9 Å². The smallest absolute Gasteiger partial charge is 0.250 e. The van der Waals surface area contributed by atoms with Crippen LogP contribution in [-0.4, -0.2) is 76.4 Å². The number of hydrogen-bond acceptors (Lipinski definition) is 15. The molecule has 0 unspecified atom stereocenters. The van der Waals surface area contributed by atoms with Gasteiger partial charge in [-0.15, -0.1) is 0 Å². The Bertz CT molecular complexity index is 2940. The first-order valence-electron chi connectivity index (χ1n) is 34.5. The quantitative estimate of drug-likeness (QED) is 0.174. The Balaban J connectivity index is -0.000000236. The number of aromatic nitrogens is 14. The summed E-state index contributed by atoms with van der Waals surface area (Å²) in [6, 6.07) is 16.9. The highest BCUT2D eigenvalue weighted by Gasteiger charge is 2.18. The molecule has 0 fully saturated rings. The van der Waals surface area contributed by atoms with Gasteiger partial charge in [0.2, 0.25) is 11.5 Å². The first kappa shape index (κ1) is 99.2. The third kappa shape index (κ3) is 48.0. The second kappa shape index (κ2) is 54.3. The summed E-state index contributed by atoms with van der Waals surface area (Å²) in [6.07, 6.45) is 24.8. The lowest BCUT2D eigenvalue weighted by atomic mass is 9.88. The lowest BCUT2D eigenvalue weighted by molar-refractivity contribution is 0.545. The first-order valence-corrected chi connectivity index (χ1v) is 34.5. The number of nitrogens with one attached hydrogen (secondary N) is 1. The molecule has 0 radical (unpaired) electrons. The van der Waals surface area contributed by atoms with Crippen molar-refractivity contribution in [1.29, 1.82) is 0 Å². The van der Waals surface area contributed by atoms with E-state index in [0.717, 1.165) is 22.8 Å². The Morgan fingerprint density at radius 2 is 0.865 bits per heavy atom. The predicted molar refractivity (Wildman–Crippen MR) is 414 cm³/mol. The van der Waals surface area contributed by atoms with Gasteiger partial charge in [-0.25, -0.2) is 39.9 Å². The van der Waals surface area contributed by atoms with Crippen molar-refractivity contribution in [2.24, 2.45) is 14.1 Å². The lowest BCUT2D eigenvalue weighted by Crippen LogP contribution is -2.20. The number of rotatable bonds is 3. The molecule has 17 heteroatoms. The van der Waals surface area contributed by atoms with Gasteiger partial charge in [-0.3, -0.25) is 9.59 Å². The SMILES string of the molecule is CC.CC.CC.CC.CC.CC.CC(C)(C)c1cccnn1.CC(C)(C)c1ccncn1.CC(C)(C)c1ccnnc1.CC(C)(C)c1ncccn1.CC(C)c1cncnc1.CNc1ncc(C(C)C)cn1.Cn1cc(C(C)(C)C)ccc1=O.Cn1ccc(C(C)(C)C)cc1=O. The Morgan fingerprint density at radius 1 is 0.385 bits per heavy atom. The van der Waals surface area contributed by atoms with Gasteiger partial charge in [-0.2, -0.15) is 20.4 Å². The Kier molecular flexibility index (Phi) is 56.1. The summed E-state index contributed by atoms with van der Waals surface area (Å²) < 4.78 is 3.19. The molecule has 540 valence electrons. The van der Waals surface area contributed by atoms with Gasteiger partial charge in [0, 0.05) is 123 Å². The Morgan fingerprint density at radius 3 is 1.17 bits per heavy atom. The van der Waals surface area contributed by atoms with Crippen molar-refractivity contribution in [2.45, 2.75) is 280 Å². The first-order chi connectivity index (χ1) is 44.8. The summed E-state index contributed by atoms with van der Waals surface area (Å²) in [7, 11) is 5.34. The molecule has 0 spiro atoms. The van der Waals surface area contributed by atoms with Crippen LogP contribution in [0.2, 0.25) is 0 Å². The zero-order chi connectivity index (χ0) is 76.1. The molecular formula is C79H137N15O2. The van der Waals surface area contributed by atoms with Gasteiger partial charge >= 0.3 is 0 Å². The van der Waals surface area contributed by atoms with Crippen LogP contribution in [0.1, 0.15) is 292 Å². The average Bonchev–Trinajstić information content (AvgIpc) is 1.11. The minimum absolute atomic E-state index is 0.0444. The molecule has 0 bridgehead atoms. The Hall–Kier alpha value is -7.82. The maximum absolute atomic E-state index is 11.2. The highest BCUT2D eigenvalue weighted by Crippen LogP contribution is 2.23. The van der Waals surface area contributed by atoms with Gasteiger partial charge in [-0.05, 0) is 92.3 Å². The highest BCUT2D eigenvalue weighted by atomic mass is 16.1. The third-order valence-electron chi connectivity index (χ3n) is 12.1. The fourth-order valence-corrected chi connectivity index (χ4v) is 6.28. The van der Waals surface area contributed by atoms with Gasteiger partial charge in [0.15, 0.2) is 0 Å². The summed E-state index contributed by atoms with van der Waals surface area (Å²) in [5.74, 6) is 2.61. The molecule has 0 saturated carbocycles. The van der Waals surface area contributed by atoms with Crippen molar-refractivity contribution in [3.63, 3.8) is 0 Å². The molecule has 0 aliphatic heterocycles. The third-order valence-corrected chi connectivity index (χ3v) is 12.1. The van der Waals surface area contributed by atoms with Gasteiger partial charge in [0.25, 0.3) is 5.56 Å². The average molecular weight is 1330 g/mol. The summed E-state index contributed by atoms with van der Waals surface area (Å²) in [5.41, 5.74) is 8.79. The van der Waals surface area contributed by atoms with Crippen molar-refractivity contribution in [3.05, 3.63) is 207 Å². The van der Waals surface area contributed by atoms with E-state index in [4.69, 9.17) is 0 Å². The summed E-state index contributed by atoms with van der Waals surface area (Å²) in [4.78, 5) is 54.6. The number of aryl methyl sites for hydroxylation is 2. The molecule has 8 aromatic heterocycles. The molecule has 0 aliphatic carbocycles. The van der Waals surface area contributed by atoms with Crippen molar-refractivity contribution in [3.8, 4) is 0 Å². The molecule has 0 aliphatic rings. The monoisotopic (exact) mass is 1330 g/mol. The fourth-order valence-electron chi connectivity index (χ4n) is 6.28. The maximum atomic E-state index is 11.2. The van der Waals surface area contributed by atoms with Crippen molar-refractivity contribution < 1.29 is 0 Å². The minimum Gasteiger partial charge on any atom is -0.357 e. The van der Waals surface area contributed by atoms with E-state index in [1.807, 2.05) is 170 Å². The normalized spacial score (nSPS) is 10.2. The summed E-state index contributed by atoms with van der Waals surface area (Å²) in [5, 5.41) is 18.2. The summed E-state index contributed by atoms with van der Waals surface area (Å²) in [6.45, 7) is 70.7. The molecule has 0 amide bonds. The minimum atomic E-state index is 0.0444. The predicted octanol–water partition coefficient (Wildman–Crippen LogP) is 19.9. The van der Waals surface area contributed by atoms with E-state index in [-0.39, 0.29) is 43.6 Å². The van der Waals surface area contributed by atoms with Gasteiger partial charge < -0.3 is 14.5 Å². The van der Waals surface area contributed by atoms with Crippen molar-refractivity contribution in [1.82, 2.24) is 69.4 Å². The molecular weight excluding hydrogens is 1190 g/mol. The second-order valence-corrected chi connectivity index (χ2v) is 26.7. The van der Waals surface area contributed by atoms with E-state index in [9.17, 15) is 9.59 Å². The fraction of sp³-hybridized carbons (Fsp3) is 0.570. The highest BCUT2D eigenvalue weighted by molar-refractivity contribution is 5.24. The van der Waals surface area contributed by atoms with E-state index in [1.165, 1.54) is 22.3 Å². The van der Waals surface area contributed by atoms with Crippen LogP contribution in [0.25, 0.3) is 0 Å². The lowest BCUT2D eigenvalue weighted by Gasteiger charge is -2.19. The topological polar surface area (TPSA) is 211 Å². The maximum Gasteiger partial charge on any atom is 0.250 e.